The molecule has 41 heavy (non-hydrogen) atoms. The molecule has 0 bridgehead atoms. The van der Waals surface area contributed by atoms with E-state index in [9.17, 15) is 22.8 Å². The first-order valence-corrected chi connectivity index (χ1v) is 14.3. The molecule has 1 spiro atoms. The molecule has 3 aliphatic rings. The van der Waals surface area contributed by atoms with Gasteiger partial charge in [-0.05, 0) is 85.0 Å². The van der Waals surface area contributed by atoms with Crippen molar-refractivity contribution in [2.45, 2.75) is 44.3 Å². The number of rotatable bonds is 4. The van der Waals surface area contributed by atoms with Crippen LogP contribution in [0.3, 0.4) is 0 Å². The first-order chi connectivity index (χ1) is 19.6. The van der Waals surface area contributed by atoms with Crippen molar-refractivity contribution in [2.75, 3.05) is 31.1 Å². The van der Waals surface area contributed by atoms with Gasteiger partial charge in [0.05, 0.1) is 16.6 Å². The van der Waals surface area contributed by atoms with Crippen molar-refractivity contribution < 1.29 is 22.8 Å². The van der Waals surface area contributed by atoms with Gasteiger partial charge in [0.15, 0.2) is 0 Å². The first-order valence-electron chi connectivity index (χ1n) is 13.9. The fourth-order valence-corrected chi connectivity index (χ4v) is 6.70. The second kappa shape index (κ2) is 10.7. The lowest BCUT2D eigenvalue weighted by atomic mass is 9.77. The summed E-state index contributed by atoms with van der Waals surface area (Å²) in [7, 11) is 0. The van der Waals surface area contributed by atoms with E-state index in [0.717, 1.165) is 49.3 Å². The number of alkyl halides is 3. The van der Waals surface area contributed by atoms with Gasteiger partial charge in [0, 0.05) is 43.6 Å². The quantitative estimate of drug-likeness (QED) is 0.392. The van der Waals surface area contributed by atoms with Crippen LogP contribution in [-0.2, 0) is 12.6 Å². The number of halogens is 4. The SMILES string of the molecule is O=C(NC1CCc2ccc(C(=O)N3CCC4(CCN(c5ccnc(C(F)(F)F)c5)CC4)C3)cc21)c1ccccc1Cl. The number of hydrogen-bond acceptors (Lipinski definition) is 4. The molecular formula is C31H30ClF3N4O2. The maximum atomic E-state index is 13.6. The van der Waals surface area contributed by atoms with Gasteiger partial charge in [-0.1, -0.05) is 29.8 Å². The van der Waals surface area contributed by atoms with E-state index in [1.165, 1.54) is 6.20 Å². The van der Waals surface area contributed by atoms with Crippen molar-refractivity contribution in [3.63, 3.8) is 0 Å². The van der Waals surface area contributed by atoms with Gasteiger partial charge in [0.1, 0.15) is 5.69 Å². The standard InChI is InChI=1S/C31H30ClF3N4O2/c32-25-4-2-1-3-23(25)28(40)37-26-8-7-20-5-6-21(17-24(20)26)29(41)39-16-12-30(19-39)10-14-38(15-11-30)22-9-13-36-27(18-22)31(33,34)35/h1-6,9,13,17-18,26H,7-8,10-12,14-16,19H2,(H,37,40). The predicted molar refractivity (Wildman–Crippen MR) is 150 cm³/mol. The van der Waals surface area contributed by atoms with E-state index < -0.39 is 11.9 Å². The molecule has 0 radical (unpaired) electrons. The summed E-state index contributed by atoms with van der Waals surface area (Å²) in [6, 6.07) is 15.2. The highest BCUT2D eigenvalue weighted by molar-refractivity contribution is 6.33. The molecule has 1 atom stereocenters. The fraction of sp³-hybridized carbons (Fsp3) is 0.387. The van der Waals surface area contributed by atoms with Crippen LogP contribution in [0.1, 0.15) is 69.3 Å². The predicted octanol–water partition coefficient (Wildman–Crippen LogP) is 6.30. The summed E-state index contributed by atoms with van der Waals surface area (Å²) in [5, 5.41) is 3.48. The van der Waals surface area contributed by atoms with E-state index in [1.54, 1.807) is 30.3 Å². The Hall–Kier alpha value is -3.59. The van der Waals surface area contributed by atoms with Crippen molar-refractivity contribution in [3.8, 4) is 0 Å². The Bertz CT molecular complexity index is 1490. The summed E-state index contributed by atoms with van der Waals surface area (Å²) in [4.78, 5) is 33.8. The normalized spacial score (nSPS) is 19.9. The summed E-state index contributed by atoms with van der Waals surface area (Å²) >= 11 is 6.21. The van der Waals surface area contributed by atoms with Gasteiger partial charge in [0.25, 0.3) is 11.8 Å². The molecule has 1 aliphatic carbocycles. The molecule has 3 heterocycles. The third-order valence-corrected chi connectivity index (χ3v) is 9.17. The van der Waals surface area contributed by atoms with E-state index in [-0.39, 0.29) is 23.3 Å². The number of aromatic nitrogens is 1. The number of amides is 2. The molecule has 2 saturated heterocycles. The Morgan fingerprint density at radius 3 is 2.51 bits per heavy atom. The number of benzene rings is 2. The highest BCUT2D eigenvalue weighted by Crippen LogP contribution is 2.42. The minimum absolute atomic E-state index is 0.0286. The van der Waals surface area contributed by atoms with Gasteiger partial charge in [-0.2, -0.15) is 13.2 Å². The number of hydrogen-bond donors (Lipinski definition) is 1. The van der Waals surface area contributed by atoms with Gasteiger partial charge >= 0.3 is 6.18 Å². The summed E-state index contributed by atoms with van der Waals surface area (Å²) in [5.41, 5.74) is 2.74. The molecule has 2 amide bonds. The molecule has 6 nitrogen and oxygen atoms in total. The van der Waals surface area contributed by atoms with E-state index in [0.29, 0.717) is 48.0 Å². The van der Waals surface area contributed by atoms with Crippen molar-refractivity contribution in [2.24, 2.45) is 5.41 Å². The zero-order valence-electron chi connectivity index (χ0n) is 22.4. The Labute approximate surface area is 241 Å². The van der Waals surface area contributed by atoms with Crippen molar-refractivity contribution in [3.05, 3.63) is 93.8 Å². The van der Waals surface area contributed by atoms with E-state index in [1.807, 2.05) is 28.0 Å². The number of nitrogens with zero attached hydrogens (tertiary/aromatic N) is 3. The Morgan fingerprint density at radius 1 is 1.00 bits per heavy atom. The number of aryl methyl sites for hydroxylation is 1. The topological polar surface area (TPSA) is 65.5 Å². The number of piperidine rings is 1. The molecule has 0 saturated carbocycles. The third kappa shape index (κ3) is 5.52. The Balaban J connectivity index is 1.10. The van der Waals surface area contributed by atoms with Crippen LogP contribution in [0, 0.1) is 5.41 Å². The fourth-order valence-electron chi connectivity index (χ4n) is 6.48. The van der Waals surface area contributed by atoms with Crippen LogP contribution >= 0.6 is 11.6 Å². The largest absolute Gasteiger partial charge is 0.433 e. The average Bonchev–Trinajstić information content (AvgIpc) is 3.57. The zero-order chi connectivity index (χ0) is 28.8. The van der Waals surface area contributed by atoms with Gasteiger partial charge in [-0.3, -0.25) is 14.6 Å². The second-order valence-corrected chi connectivity index (χ2v) is 11.7. The number of carbonyl (C=O) groups excluding carboxylic acids is 2. The molecular weight excluding hydrogens is 553 g/mol. The summed E-state index contributed by atoms with van der Waals surface area (Å²) in [6.07, 6.45) is 0.802. The summed E-state index contributed by atoms with van der Waals surface area (Å²) < 4.78 is 39.4. The molecule has 3 aromatic rings. The number of pyridine rings is 1. The monoisotopic (exact) mass is 582 g/mol. The maximum absolute atomic E-state index is 13.6. The summed E-state index contributed by atoms with van der Waals surface area (Å²) in [5.74, 6) is -0.265. The molecule has 1 aromatic heterocycles. The van der Waals surface area contributed by atoms with Gasteiger partial charge in [-0.25, -0.2) is 0 Å². The van der Waals surface area contributed by atoms with Crippen molar-refractivity contribution >= 4 is 29.1 Å². The average molecular weight is 583 g/mol. The lowest BCUT2D eigenvalue weighted by molar-refractivity contribution is -0.141. The number of carbonyl (C=O) groups is 2. The smallest absolute Gasteiger partial charge is 0.371 e. The van der Waals surface area contributed by atoms with Crippen LogP contribution in [0.25, 0.3) is 0 Å². The molecule has 2 aromatic carbocycles. The van der Waals surface area contributed by atoms with Gasteiger partial charge in [-0.15, -0.1) is 0 Å². The van der Waals surface area contributed by atoms with Crippen molar-refractivity contribution in [1.29, 1.82) is 0 Å². The second-order valence-electron chi connectivity index (χ2n) is 11.3. The lowest BCUT2D eigenvalue weighted by Crippen LogP contribution is -2.42. The van der Waals surface area contributed by atoms with Crippen LogP contribution < -0.4 is 10.2 Å². The van der Waals surface area contributed by atoms with E-state index in [4.69, 9.17) is 11.6 Å². The minimum atomic E-state index is -4.47. The molecule has 10 heteroatoms. The highest BCUT2D eigenvalue weighted by atomic mass is 35.5. The Morgan fingerprint density at radius 2 is 1.76 bits per heavy atom. The molecule has 214 valence electrons. The van der Waals surface area contributed by atoms with Crippen LogP contribution in [0.4, 0.5) is 18.9 Å². The number of fused-ring (bicyclic) bond motifs is 1. The van der Waals surface area contributed by atoms with Crippen molar-refractivity contribution in [1.82, 2.24) is 15.2 Å². The summed E-state index contributed by atoms with van der Waals surface area (Å²) in [6.45, 7) is 2.55. The molecule has 1 N–H and O–H groups in total. The van der Waals surface area contributed by atoms with Crippen LogP contribution in [0.2, 0.25) is 5.02 Å². The minimum Gasteiger partial charge on any atom is -0.371 e. The van der Waals surface area contributed by atoms with Crippen LogP contribution in [0.15, 0.2) is 60.8 Å². The third-order valence-electron chi connectivity index (χ3n) is 8.84. The molecule has 6 rings (SSSR count). The number of anilines is 1. The molecule has 1 unspecified atom stereocenters. The maximum Gasteiger partial charge on any atom is 0.433 e. The number of likely N-dealkylation sites (tertiary alicyclic amines) is 1. The van der Waals surface area contributed by atoms with Crippen LogP contribution in [-0.4, -0.2) is 47.9 Å². The lowest BCUT2D eigenvalue weighted by Gasteiger charge is -2.40. The Kier molecular flexibility index (Phi) is 7.18. The van der Waals surface area contributed by atoms with Gasteiger partial charge in [0.2, 0.25) is 0 Å². The number of nitrogens with one attached hydrogen (secondary N) is 1. The van der Waals surface area contributed by atoms with Crippen LogP contribution in [0.5, 0.6) is 0 Å². The van der Waals surface area contributed by atoms with E-state index >= 15 is 0 Å². The zero-order valence-corrected chi connectivity index (χ0v) is 23.1. The van der Waals surface area contributed by atoms with Gasteiger partial charge < -0.3 is 15.1 Å². The highest BCUT2D eigenvalue weighted by Gasteiger charge is 2.43. The molecule has 2 aliphatic heterocycles. The molecule has 2 fully saturated rings. The first kappa shape index (κ1) is 27.6. The van der Waals surface area contributed by atoms with E-state index in [2.05, 4.69) is 10.3 Å².